The smallest absolute Gasteiger partial charge is 0.208 e. The molecule has 1 aromatic carbocycles. The summed E-state index contributed by atoms with van der Waals surface area (Å²) in [5.41, 5.74) is 3.93. The average molecular weight is 515 g/mol. The molecule has 37 heavy (non-hydrogen) atoms. The molecule has 10 heteroatoms. The molecule has 4 heterocycles. The van der Waals surface area contributed by atoms with Crippen LogP contribution in [0.2, 0.25) is 0 Å². The maximum absolute atomic E-state index is 12.6. The molecule has 0 bridgehead atoms. The van der Waals surface area contributed by atoms with Crippen LogP contribution in [0, 0.1) is 11.8 Å². The maximum atomic E-state index is 12.6. The second-order valence-corrected chi connectivity index (χ2v) is 9.94. The Morgan fingerprint density at radius 2 is 1.97 bits per heavy atom. The summed E-state index contributed by atoms with van der Waals surface area (Å²) in [6, 6.07) is 8.13. The Morgan fingerprint density at radius 3 is 2.70 bits per heavy atom. The predicted molar refractivity (Wildman–Crippen MR) is 133 cm³/mol. The third-order valence-corrected chi connectivity index (χ3v) is 7.75. The molecule has 1 aromatic heterocycles. The number of nitrogens with one attached hydrogen (secondary N) is 2. The number of benzene rings is 1. The summed E-state index contributed by atoms with van der Waals surface area (Å²) in [5, 5.41) is 45.0. The number of hydrogen-bond acceptors (Lipinski definition) is 9. The van der Waals surface area contributed by atoms with Gasteiger partial charge in [0.2, 0.25) is 6.29 Å². The molecular formula is C27H34N2O8. The number of aromatic amines is 1. The van der Waals surface area contributed by atoms with Crippen molar-refractivity contribution >= 4 is 16.7 Å². The van der Waals surface area contributed by atoms with Crippen molar-refractivity contribution in [2.24, 2.45) is 11.8 Å². The minimum Gasteiger partial charge on any atom is -0.471 e. The van der Waals surface area contributed by atoms with Gasteiger partial charge in [-0.15, -0.1) is 6.58 Å². The molecule has 0 aliphatic carbocycles. The lowest BCUT2D eigenvalue weighted by molar-refractivity contribution is -0.339. The van der Waals surface area contributed by atoms with Gasteiger partial charge >= 0.3 is 0 Å². The Balaban J connectivity index is 1.41. The fraction of sp³-hybridized carbons (Fsp3) is 0.519. The number of Topliss-reactive ketones (excluding diaryl/α,β-unsaturated/α-hetero) is 1. The van der Waals surface area contributed by atoms with Crippen molar-refractivity contribution in [1.82, 2.24) is 10.3 Å². The van der Waals surface area contributed by atoms with Crippen LogP contribution in [0.25, 0.3) is 10.9 Å². The number of H-pyrrole nitrogens is 1. The number of carbonyl (C=O) groups excluding carboxylic acids is 1. The van der Waals surface area contributed by atoms with E-state index >= 15 is 0 Å². The van der Waals surface area contributed by atoms with Crippen LogP contribution in [0.4, 0.5) is 0 Å². The highest BCUT2D eigenvalue weighted by Crippen LogP contribution is 2.41. The van der Waals surface area contributed by atoms with Crippen molar-refractivity contribution in [3.8, 4) is 0 Å². The average Bonchev–Trinajstić information content (AvgIpc) is 3.28. The molecule has 6 N–H and O–H groups in total. The van der Waals surface area contributed by atoms with Crippen molar-refractivity contribution in [3.05, 3.63) is 60.0 Å². The van der Waals surface area contributed by atoms with Gasteiger partial charge in [-0.05, 0) is 37.9 Å². The molecule has 0 saturated carbocycles. The molecule has 3 aliphatic heterocycles. The monoisotopic (exact) mass is 514 g/mol. The number of allylic oxidation sites excluding steroid dienone is 1. The van der Waals surface area contributed by atoms with Crippen LogP contribution < -0.4 is 5.32 Å². The van der Waals surface area contributed by atoms with Crippen molar-refractivity contribution < 1.29 is 39.4 Å². The number of carbonyl (C=O) groups is 1. The fourth-order valence-electron chi connectivity index (χ4n) is 5.77. The Kier molecular flexibility index (Phi) is 7.51. The van der Waals surface area contributed by atoms with Gasteiger partial charge in [-0.2, -0.15) is 0 Å². The first-order chi connectivity index (χ1) is 17.8. The van der Waals surface area contributed by atoms with Crippen molar-refractivity contribution in [3.63, 3.8) is 0 Å². The minimum atomic E-state index is -1.58. The van der Waals surface area contributed by atoms with Crippen molar-refractivity contribution in [1.29, 1.82) is 0 Å². The van der Waals surface area contributed by atoms with Gasteiger partial charge < -0.3 is 44.9 Å². The molecule has 200 valence electrons. The van der Waals surface area contributed by atoms with Crippen LogP contribution >= 0.6 is 0 Å². The van der Waals surface area contributed by atoms with E-state index < -0.39 is 49.5 Å². The van der Waals surface area contributed by atoms with Crippen LogP contribution in [0.1, 0.15) is 30.6 Å². The standard InChI is InChI=1S/C27H34N2O8/c1-3-14-17(10-20-22-16(8-9-28-20)15-6-4-5-7-19(15)29-22)18(13(2)31)12-35-26(14)37-27-25(34)24(33)23(32)21(11-30)36-27/h3-7,12,14,17,20-21,23-30,32-34H,1,8-11H2,2H3. The molecule has 3 aliphatic rings. The lowest BCUT2D eigenvalue weighted by atomic mass is 9.77. The Hall–Kier alpha value is -2.57. The molecule has 9 unspecified atom stereocenters. The topological polar surface area (TPSA) is 154 Å². The number of fused-ring (bicyclic) bond motifs is 3. The predicted octanol–water partition coefficient (Wildman–Crippen LogP) is 0.809. The summed E-state index contributed by atoms with van der Waals surface area (Å²) in [5.74, 6) is -0.947. The third-order valence-electron chi connectivity index (χ3n) is 7.75. The van der Waals surface area contributed by atoms with E-state index in [4.69, 9.17) is 14.2 Å². The van der Waals surface area contributed by atoms with Crippen LogP contribution in [-0.2, 0) is 25.4 Å². The second-order valence-electron chi connectivity index (χ2n) is 9.94. The zero-order valence-electron chi connectivity index (χ0n) is 20.6. The molecule has 9 atom stereocenters. The lowest BCUT2D eigenvalue weighted by Gasteiger charge is -2.43. The van der Waals surface area contributed by atoms with E-state index in [9.17, 15) is 25.2 Å². The highest BCUT2D eigenvalue weighted by molar-refractivity contribution is 5.93. The van der Waals surface area contributed by atoms with Gasteiger partial charge in [0.05, 0.1) is 12.9 Å². The van der Waals surface area contributed by atoms with Gasteiger partial charge in [-0.25, -0.2) is 0 Å². The van der Waals surface area contributed by atoms with E-state index in [1.165, 1.54) is 24.1 Å². The summed E-state index contributed by atoms with van der Waals surface area (Å²) in [6.45, 7) is 5.68. The van der Waals surface area contributed by atoms with E-state index in [-0.39, 0.29) is 17.7 Å². The highest BCUT2D eigenvalue weighted by Gasteiger charge is 2.47. The summed E-state index contributed by atoms with van der Waals surface area (Å²) in [6.07, 6.45) is -3.62. The van der Waals surface area contributed by atoms with Crippen molar-refractivity contribution in [2.45, 2.75) is 62.8 Å². The van der Waals surface area contributed by atoms with E-state index in [0.717, 1.165) is 24.2 Å². The first-order valence-electron chi connectivity index (χ1n) is 12.6. The second kappa shape index (κ2) is 10.7. The van der Waals surface area contributed by atoms with Gasteiger partial charge in [0.15, 0.2) is 12.1 Å². The molecule has 0 amide bonds. The van der Waals surface area contributed by atoms with E-state index in [1.807, 2.05) is 12.1 Å². The number of aromatic nitrogens is 1. The van der Waals surface area contributed by atoms with Gasteiger partial charge in [-0.3, -0.25) is 4.79 Å². The van der Waals surface area contributed by atoms with Crippen LogP contribution in [-0.4, -0.2) is 81.3 Å². The Labute approximate surface area is 214 Å². The van der Waals surface area contributed by atoms with Gasteiger partial charge in [0.1, 0.15) is 24.4 Å². The minimum absolute atomic E-state index is 0.0580. The SMILES string of the molecule is C=CC1C(OC2OC(CO)C(O)C(O)C2O)OC=C(C(C)=O)C1CC1NCCc2c1[nH]c1ccccc21. The zero-order chi connectivity index (χ0) is 26.3. The third kappa shape index (κ3) is 4.74. The van der Waals surface area contributed by atoms with E-state index in [1.54, 1.807) is 6.08 Å². The summed E-state index contributed by atoms with van der Waals surface area (Å²) >= 11 is 0. The first kappa shape index (κ1) is 26.1. The van der Waals surface area contributed by atoms with E-state index in [0.29, 0.717) is 12.0 Å². The number of ketones is 1. The first-order valence-corrected chi connectivity index (χ1v) is 12.6. The normalized spacial score (nSPS) is 35.9. The molecule has 0 spiro atoms. The van der Waals surface area contributed by atoms with E-state index in [2.05, 4.69) is 29.0 Å². The van der Waals surface area contributed by atoms with Crippen LogP contribution in [0.15, 0.2) is 48.8 Å². The summed E-state index contributed by atoms with van der Waals surface area (Å²) in [4.78, 5) is 16.2. The van der Waals surface area contributed by atoms with Crippen LogP contribution in [0.5, 0.6) is 0 Å². The maximum Gasteiger partial charge on any atom is 0.208 e. The number of ether oxygens (including phenoxy) is 3. The number of para-hydroxylation sites is 1. The Bertz CT molecular complexity index is 1180. The fourth-order valence-corrected chi connectivity index (χ4v) is 5.77. The Morgan fingerprint density at radius 1 is 1.19 bits per heavy atom. The summed E-state index contributed by atoms with van der Waals surface area (Å²) in [7, 11) is 0. The zero-order valence-corrected chi connectivity index (χ0v) is 20.6. The lowest BCUT2D eigenvalue weighted by Crippen LogP contribution is -2.60. The van der Waals surface area contributed by atoms with Gasteiger partial charge in [0, 0.05) is 40.0 Å². The molecule has 2 aromatic rings. The molecule has 10 nitrogen and oxygen atoms in total. The number of aliphatic hydroxyl groups excluding tert-OH is 4. The van der Waals surface area contributed by atoms with Gasteiger partial charge in [-0.1, -0.05) is 24.3 Å². The summed E-state index contributed by atoms with van der Waals surface area (Å²) < 4.78 is 17.2. The molecular weight excluding hydrogens is 480 g/mol. The molecule has 1 saturated heterocycles. The van der Waals surface area contributed by atoms with Crippen molar-refractivity contribution in [2.75, 3.05) is 13.2 Å². The molecule has 5 rings (SSSR count). The number of rotatable bonds is 7. The largest absolute Gasteiger partial charge is 0.471 e. The molecule has 1 fully saturated rings. The highest BCUT2D eigenvalue weighted by atomic mass is 16.8. The number of hydrogen-bond donors (Lipinski definition) is 6. The number of aliphatic hydroxyl groups is 4. The molecule has 0 radical (unpaired) electrons. The quantitative estimate of drug-likeness (QED) is 0.295. The van der Waals surface area contributed by atoms with Crippen LogP contribution in [0.3, 0.4) is 0 Å². The van der Waals surface area contributed by atoms with Gasteiger partial charge in [0.25, 0.3) is 0 Å².